The normalized spacial score (nSPS) is 19.1. The van der Waals surface area contributed by atoms with Crippen LogP contribution in [0.4, 0.5) is 0 Å². The number of benzene rings is 1. The van der Waals surface area contributed by atoms with E-state index in [0.717, 1.165) is 37.2 Å². The molecule has 0 radical (unpaired) electrons. The predicted octanol–water partition coefficient (Wildman–Crippen LogP) is 2.94. The van der Waals surface area contributed by atoms with E-state index in [1.807, 2.05) is 42.5 Å². The Labute approximate surface area is 141 Å². The van der Waals surface area contributed by atoms with Gasteiger partial charge in [0.1, 0.15) is 0 Å². The fraction of sp³-hybridized carbons (Fsp3) is 0.333. The third kappa shape index (κ3) is 4.09. The molecule has 1 amide bonds. The number of carbonyl (C=O) groups is 1. The summed E-state index contributed by atoms with van der Waals surface area (Å²) < 4.78 is 0. The van der Waals surface area contributed by atoms with Gasteiger partial charge in [-0.1, -0.05) is 29.8 Å². The Kier molecular flexibility index (Phi) is 5.26. The third-order valence-corrected chi connectivity index (χ3v) is 4.35. The van der Waals surface area contributed by atoms with Crippen LogP contribution in [0.2, 0.25) is 5.02 Å². The maximum Gasteiger partial charge on any atom is 0.225 e. The van der Waals surface area contributed by atoms with E-state index in [4.69, 9.17) is 11.6 Å². The van der Waals surface area contributed by atoms with Crippen molar-refractivity contribution in [1.29, 1.82) is 0 Å². The Morgan fingerprint density at radius 2 is 2.22 bits per heavy atom. The standard InChI is InChI=1S/C18H20ClN3O/c19-15-7-3-5-13(11-15)17(16-8-1-2-10-21-16)22-18(23)14-6-4-9-20-12-14/h1-3,5,7-8,10-11,14,17,20H,4,6,9,12H2,(H,22,23). The van der Waals surface area contributed by atoms with Crippen LogP contribution in [0.3, 0.4) is 0 Å². The highest BCUT2D eigenvalue weighted by Gasteiger charge is 2.25. The fourth-order valence-corrected chi connectivity index (χ4v) is 3.10. The number of hydrogen-bond acceptors (Lipinski definition) is 3. The number of pyridine rings is 1. The molecule has 5 heteroatoms. The van der Waals surface area contributed by atoms with E-state index in [-0.39, 0.29) is 17.9 Å². The van der Waals surface area contributed by atoms with Gasteiger partial charge in [-0.15, -0.1) is 0 Å². The van der Waals surface area contributed by atoms with Gasteiger partial charge in [0.2, 0.25) is 5.91 Å². The third-order valence-electron chi connectivity index (χ3n) is 4.12. The van der Waals surface area contributed by atoms with Gasteiger partial charge in [-0.2, -0.15) is 0 Å². The SMILES string of the molecule is O=C(NC(c1cccc(Cl)c1)c1ccccn1)C1CCCNC1. The van der Waals surface area contributed by atoms with Crippen LogP contribution in [-0.2, 0) is 4.79 Å². The Hall–Kier alpha value is -1.91. The number of piperidine rings is 1. The second-order valence-electron chi connectivity index (χ2n) is 5.79. The highest BCUT2D eigenvalue weighted by atomic mass is 35.5. The molecule has 0 spiro atoms. The van der Waals surface area contributed by atoms with Crippen LogP contribution in [0.5, 0.6) is 0 Å². The van der Waals surface area contributed by atoms with E-state index in [0.29, 0.717) is 5.02 Å². The van der Waals surface area contributed by atoms with Crippen LogP contribution in [0.1, 0.15) is 30.1 Å². The summed E-state index contributed by atoms with van der Waals surface area (Å²) in [5, 5.41) is 7.08. The van der Waals surface area contributed by atoms with Crippen molar-refractivity contribution in [1.82, 2.24) is 15.6 Å². The van der Waals surface area contributed by atoms with Crippen molar-refractivity contribution in [2.75, 3.05) is 13.1 Å². The molecule has 3 rings (SSSR count). The molecule has 1 aromatic carbocycles. The van der Waals surface area contributed by atoms with Gasteiger partial charge in [-0.25, -0.2) is 0 Å². The minimum absolute atomic E-state index is 0.00847. The molecular formula is C18H20ClN3O. The lowest BCUT2D eigenvalue weighted by Gasteiger charge is -2.25. The Morgan fingerprint density at radius 1 is 1.30 bits per heavy atom. The van der Waals surface area contributed by atoms with Gasteiger partial charge in [-0.05, 0) is 49.2 Å². The number of aromatic nitrogens is 1. The van der Waals surface area contributed by atoms with Crippen LogP contribution in [0, 0.1) is 5.92 Å². The number of rotatable bonds is 4. The lowest BCUT2D eigenvalue weighted by atomic mass is 9.96. The molecule has 1 aromatic heterocycles. The molecule has 4 nitrogen and oxygen atoms in total. The first kappa shape index (κ1) is 16.0. The molecule has 0 saturated carbocycles. The number of amides is 1. The minimum Gasteiger partial charge on any atom is -0.343 e. The van der Waals surface area contributed by atoms with Crippen LogP contribution in [0.15, 0.2) is 48.7 Å². The zero-order valence-electron chi connectivity index (χ0n) is 12.8. The predicted molar refractivity (Wildman–Crippen MR) is 91.3 cm³/mol. The zero-order valence-corrected chi connectivity index (χ0v) is 13.6. The molecule has 2 N–H and O–H groups in total. The Bertz CT molecular complexity index is 656. The van der Waals surface area contributed by atoms with Crippen molar-refractivity contribution < 1.29 is 4.79 Å². The van der Waals surface area contributed by atoms with Gasteiger partial charge in [0, 0.05) is 17.8 Å². The van der Waals surface area contributed by atoms with E-state index in [9.17, 15) is 4.79 Å². The number of hydrogen-bond donors (Lipinski definition) is 2. The number of carbonyl (C=O) groups excluding carboxylic acids is 1. The van der Waals surface area contributed by atoms with E-state index in [2.05, 4.69) is 15.6 Å². The summed E-state index contributed by atoms with van der Waals surface area (Å²) >= 11 is 6.12. The summed E-state index contributed by atoms with van der Waals surface area (Å²) in [6.45, 7) is 1.72. The molecule has 2 heterocycles. The molecule has 2 aromatic rings. The molecular weight excluding hydrogens is 310 g/mol. The highest BCUT2D eigenvalue weighted by Crippen LogP contribution is 2.24. The quantitative estimate of drug-likeness (QED) is 0.906. The molecule has 1 aliphatic rings. The van der Waals surface area contributed by atoms with Gasteiger partial charge < -0.3 is 10.6 Å². The summed E-state index contributed by atoms with van der Waals surface area (Å²) in [7, 11) is 0. The topological polar surface area (TPSA) is 54.0 Å². The molecule has 120 valence electrons. The summed E-state index contributed by atoms with van der Waals surface area (Å²) in [5.41, 5.74) is 1.75. The van der Waals surface area contributed by atoms with Gasteiger partial charge >= 0.3 is 0 Å². The van der Waals surface area contributed by atoms with Crippen molar-refractivity contribution in [3.63, 3.8) is 0 Å². The Morgan fingerprint density at radius 3 is 2.91 bits per heavy atom. The molecule has 1 fully saturated rings. The van der Waals surface area contributed by atoms with Gasteiger partial charge in [0.15, 0.2) is 0 Å². The van der Waals surface area contributed by atoms with Crippen molar-refractivity contribution in [2.45, 2.75) is 18.9 Å². The van der Waals surface area contributed by atoms with Gasteiger partial charge in [-0.3, -0.25) is 9.78 Å². The average Bonchev–Trinajstić information content (AvgIpc) is 2.61. The largest absolute Gasteiger partial charge is 0.343 e. The van der Waals surface area contributed by atoms with E-state index < -0.39 is 0 Å². The summed E-state index contributed by atoms with van der Waals surface area (Å²) in [4.78, 5) is 17.0. The monoisotopic (exact) mass is 329 g/mol. The van der Waals surface area contributed by atoms with Crippen molar-refractivity contribution >= 4 is 17.5 Å². The molecule has 0 aliphatic carbocycles. The van der Waals surface area contributed by atoms with Crippen molar-refractivity contribution in [3.05, 3.63) is 64.9 Å². The van der Waals surface area contributed by atoms with E-state index >= 15 is 0 Å². The summed E-state index contributed by atoms with van der Waals surface area (Å²) in [6, 6.07) is 13.0. The maximum absolute atomic E-state index is 12.6. The summed E-state index contributed by atoms with van der Waals surface area (Å²) in [6.07, 6.45) is 3.69. The molecule has 0 bridgehead atoms. The lowest BCUT2D eigenvalue weighted by Crippen LogP contribution is -2.42. The van der Waals surface area contributed by atoms with Gasteiger partial charge in [0.25, 0.3) is 0 Å². The van der Waals surface area contributed by atoms with Crippen molar-refractivity contribution in [2.24, 2.45) is 5.92 Å². The molecule has 2 atom stereocenters. The smallest absolute Gasteiger partial charge is 0.225 e. The molecule has 2 unspecified atom stereocenters. The van der Waals surface area contributed by atoms with E-state index in [1.54, 1.807) is 6.20 Å². The van der Waals surface area contributed by atoms with E-state index in [1.165, 1.54) is 0 Å². The molecule has 1 saturated heterocycles. The second-order valence-corrected chi connectivity index (χ2v) is 6.23. The first-order valence-corrected chi connectivity index (χ1v) is 8.29. The first-order chi connectivity index (χ1) is 11.2. The highest BCUT2D eigenvalue weighted by molar-refractivity contribution is 6.30. The summed E-state index contributed by atoms with van der Waals surface area (Å²) in [5.74, 6) is 0.0713. The number of nitrogens with one attached hydrogen (secondary N) is 2. The minimum atomic E-state index is -0.288. The first-order valence-electron chi connectivity index (χ1n) is 7.91. The van der Waals surface area contributed by atoms with Crippen LogP contribution < -0.4 is 10.6 Å². The average molecular weight is 330 g/mol. The maximum atomic E-state index is 12.6. The number of halogens is 1. The van der Waals surface area contributed by atoms with Crippen LogP contribution in [-0.4, -0.2) is 24.0 Å². The molecule has 23 heavy (non-hydrogen) atoms. The fourth-order valence-electron chi connectivity index (χ4n) is 2.90. The van der Waals surface area contributed by atoms with Crippen molar-refractivity contribution in [3.8, 4) is 0 Å². The Balaban J connectivity index is 1.85. The molecule has 1 aliphatic heterocycles. The number of nitrogens with zero attached hydrogens (tertiary/aromatic N) is 1. The van der Waals surface area contributed by atoms with Gasteiger partial charge in [0.05, 0.1) is 17.7 Å². The van der Waals surface area contributed by atoms with Crippen LogP contribution >= 0.6 is 11.6 Å². The lowest BCUT2D eigenvalue weighted by molar-refractivity contribution is -0.126. The zero-order chi connectivity index (χ0) is 16.1. The van der Waals surface area contributed by atoms with Crippen LogP contribution in [0.25, 0.3) is 0 Å². The second kappa shape index (κ2) is 7.57.